The molecular formula is C25H24O11. The smallest absolute Gasteiger partial charge is 0.308 e. The molecule has 1 saturated heterocycles. The number of hydrogen-bond acceptors (Lipinski definition) is 11. The highest BCUT2D eigenvalue weighted by Gasteiger charge is 2.46. The summed E-state index contributed by atoms with van der Waals surface area (Å²) < 4.78 is 21.3. The van der Waals surface area contributed by atoms with Gasteiger partial charge in [0, 0.05) is 13.8 Å². The molecule has 2 unspecified atom stereocenters. The molecule has 1 fully saturated rings. The Bertz CT molecular complexity index is 1340. The minimum Gasteiger partial charge on any atom is -0.507 e. The average molecular weight is 500 g/mol. The summed E-state index contributed by atoms with van der Waals surface area (Å²) in [6, 6.07) is 8.74. The molecule has 0 bridgehead atoms. The second kappa shape index (κ2) is 10.1. The van der Waals surface area contributed by atoms with Crippen LogP contribution in [0.1, 0.15) is 25.5 Å². The van der Waals surface area contributed by atoms with Crippen LogP contribution in [0.25, 0.3) is 22.1 Å². The Morgan fingerprint density at radius 3 is 2.28 bits per heavy atom. The number of rotatable bonds is 5. The van der Waals surface area contributed by atoms with Crippen molar-refractivity contribution in [2.24, 2.45) is 0 Å². The molecule has 4 rings (SSSR count). The molecule has 2 heterocycles. The Kier molecular flexibility index (Phi) is 7.09. The van der Waals surface area contributed by atoms with Crippen molar-refractivity contribution in [2.75, 3.05) is 6.61 Å². The first kappa shape index (κ1) is 25.3. The van der Waals surface area contributed by atoms with E-state index in [2.05, 4.69) is 0 Å². The summed E-state index contributed by atoms with van der Waals surface area (Å²) in [5.41, 5.74) is -0.0150. The van der Waals surface area contributed by atoms with Crippen molar-refractivity contribution in [3.05, 3.63) is 58.4 Å². The minimum atomic E-state index is -1.71. The molecule has 0 spiro atoms. The molecule has 0 aliphatic carbocycles. The monoisotopic (exact) mass is 500 g/mol. The number of benzene rings is 2. The zero-order chi connectivity index (χ0) is 26.1. The van der Waals surface area contributed by atoms with E-state index in [1.165, 1.54) is 37.5 Å². The first-order valence-corrected chi connectivity index (χ1v) is 11.0. The lowest BCUT2D eigenvalue weighted by molar-refractivity contribution is -0.234. The number of phenolic OH excluding ortho intramolecular Hbond substituents is 1. The molecule has 2 aromatic carbocycles. The fourth-order valence-corrected chi connectivity index (χ4v) is 4.08. The van der Waals surface area contributed by atoms with Gasteiger partial charge in [0.25, 0.3) is 0 Å². The zero-order valence-corrected chi connectivity index (χ0v) is 19.3. The van der Waals surface area contributed by atoms with Gasteiger partial charge in [-0.1, -0.05) is 12.1 Å². The van der Waals surface area contributed by atoms with E-state index in [1.54, 1.807) is 12.1 Å². The third kappa shape index (κ3) is 4.82. The first-order chi connectivity index (χ1) is 17.1. The molecule has 11 nitrogen and oxygen atoms in total. The molecule has 0 saturated carbocycles. The van der Waals surface area contributed by atoms with Gasteiger partial charge in [0.1, 0.15) is 60.5 Å². The van der Waals surface area contributed by atoms with Gasteiger partial charge in [0.15, 0.2) is 0 Å². The number of hydrogen-bond donors (Lipinski definition) is 4. The van der Waals surface area contributed by atoms with Gasteiger partial charge in [0.05, 0.1) is 16.5 Å². The normalized spacial score (nSPS) is 23.9. The number of aromatic hydroxyl groups is 1. The number of aliphatic hydroxyl groups excluding tert-OH is 3. The van der Waals surface area contributed by atoms with Crippen molar-refractivity contribution < 1.29 is 48.6 Å². The van der Waals surface area contributed by atoms with Crippen LogP contribution in [0.3, 0.4) is 0 Å². The Labute approximate surface area is 204 Å². The highest BCUT2D eigenvalue weighted by Crippen LogP contribution is 2.40. The molecule has 0 radical (unpaired) electrons. The number of carbonyl (C=O) groups excluding carboxylic acids is 2. The topological polar surface area (TPSA) is 173 Å². The quantitative estimate of drug-likeness (QED) is 0.293. The summed E-state index contributed by atoms with van der Waals surface area (Å²) in [7, 11) is 0. The Morgan fingerprint density at radius 1 is 0.944 bits per heavy atom. The number of ether oxygens (including phenoxy) is 3. The Hall–Kier alpha value is -3.77. The van der Waals surface area contributed by atoms with Crippen LogP contribution in [0.15, 0.2) is 51.9 Å². The summed E-state index contributed by atoms with van der Waals surface area (Å²) >= 11 is 0. The standard InChI is InChI=1S/C25H24O11/c1-11(26)33-10-18-21(30)22(31)23(32)25(36-18)19-17(28)8-7-15-20(29)16(9-34-24(15)19)13-3-5-14(6-4-13)35-12(2)27/h3-9,18,21-23,25,28,30-32H,10H2,1-2H3/t18-,21+,22?,23?,25-/m0/s1. The van der Waals surface area contributed by atoms with Crippen LogP contribution in [-0.2, 0) is 19.1 Å². The van der Waals surface area contributed by atoms with E-state index in [1.807, 2.05) is 0 Å². The van der Waals surface area contributed by atoms with E-state index < -0.39 is 54.5 Å². The lowest BCUT2D eigenvalue weighted by Crippen LogP contribution is -2.55. The van der Waals surface area contributed by atoms with E-state index in [0.29, 0.717) is 11.3 Å². The molecule has 5 atom stereocenters. The van der Waals surface area contributed by atoms with E-state index in [9.17, 15) is 34.8 Å². The van der Waals surface area contributed by atoms with E-state index in [0.717, 1.165) is 6.92 Å². The molecule has 1 aliphatic heterocycles. The van der Waals surface area contributed by atoms with Gasteiger partial charge in [-0.15, -0.1) is 0 Å². The largest absolute Gasteiger partial charge is 0.507 e. The molecular weight excluding hydrogens is 476 g/mol. The highest BCUT2D eigenvalue weighted by atomic mass is 16.6. The second-order valence-corrected chi connectivity index (χ2v) is 8.34. The van der Waals surface area contributed by atoms with E-state index >= 15 is 0 Å². The van der Waals surface area contributed by atoms with Crippen LogP contribution in [0.2, 0.25) is 0 Å². The molecule has 36 heavy (non-hydrogen) atoms. The van der Waals surface area contributed by atoms with Gasteiger partial charge >= 0.3 is 11.9 Å². The number of phenols is 1. The Balaban J connectivity index is 1.75. The van der Waals surface area contributed by atoms with Gasteiger partial charge in [0.2, 0.25) is 5.43 Å². The highest BCUT2D eigenvalue weighted by molar-refractivity contribution is 5.86. The molecule has 190 valence electrons. The maximum atomic E-state index is 13.3. The van der Waals surface area contributed by atoms with Crippen molar-refractivity contribution in [1.29, 1.82) is 0 Å². The van der Waals surface area contributed by atoms with E-state index in [-0.39, 0.29) is 27.8 Å². The second-order valence-electron chi connectivity index (χ2n) is 8.34. The SMILES string of the molecule is CC(=O)OC[C@@H]1O[C@@H](c2c(O)ccc3c(=O)c(-c4ccc(OC(C)=O)cc4)coc23)C(O)C(O)[C@@H]1O. The number of esters is 2. The summed E-state index contributed by atoms with van der Waals surface area (Å²) in [5, 5.41) is 41.9. The zero-order valence-electron chi connectivity index (χ0n) is 19.3. The van der Waals surface area contributed by atoms with Crippen LogP contribution >= 0.6 is 0 Å². The predicted molar refractivity (Wildman–Crippen MR) is 123 cm³/mol. The van der Waals surface area contributed by atoms with Gasteiger partial charge < -0.3 is 39.1 Å². The summed E-state index contributed by atoms with van der Waals surface area (Å²) in [6.45, 7) is 2.01. The lowest BCUT2D eigenvalue weighted by Gasteiger charge is -2.40. The number of carbonyl (C=O) groups is 2. The fourth-order valence-electron chi connectivity index (χ4n) is 4.08. The maximum Gasteiger partial charge on any atom is 0.308 e. The van der Waals surface area contributed by atoms with Crippen molar-refractivity contribution in [3.8, 4) is 22.6 Å². The fraction of sp³-hybridized carbons (Fsp3) is 0.320. The van der Waals surface area contributed by atoms with Gasteiger partial charge in [-0.05, 0) is 29.8 Å². The van der Waals surface area contributed by atoms with Crippen LogP contribution in [-0.4, -0.2) is 63.4 Å². The average Bonchev–Trinajstić information content (AvgIpc) is 2.83. The summed E-state index contributed by atoms with van der Waals surface area (Å²) in [5.74, 6) is -1.21. The molecule has 1 aliphatic rings. The first-order valence-electron chi connectivity index (χ1n) is 11.0. The predicted octanol–water partition coefficient (Wildman–Crippen LogP) is 1.18. The van der Waals surface area contributed by atoms with Crippen LogP contribution in [0.4, 0.5) is 0 Å². The molecule has 11 heteroatoms. The third-order valence-corrected chi connectivity index (χ3v) is 5.83. The number of fused-ring (bicyclic) bond motifs is 1. The number of aliphatic hydroxyl groups is 3. The third-order valence-electron chi connectivity index (χ3n) is 5.83. The Morgan fingerprint density at radius 2 is 1.64 bits per heavy atom. The van der Waals surface area contributed by atoms with Crippen LogP contribution < -0.4 is 10.2 Å². The van der Waals surface area contributed by atoms with Crippen molar-refractivity contribution in [1.82, 2.24) is 0 Å². The van der Waals surface area contributed by atoms with Gasteiger partial charge in [-0.2, -0.15) is 0 Å². The summed E-state index contributed by atoms with van der Waals surface area (Å²) in [4.78, 5) is 35.6. The van der Waals surface area contributed by atoms with E-state index in [4.69, 9.17) is 18.6 Å². The molecule has 0 amide bonds. The lowest BCUT2D eigenvalue weighted by atomic mass is 9.89. The van der Waals surface area contributed by atoms with Gasteiger partial charge in [-0.25, -0.2) is 0 Å². The molecule has 4 N–H and O–H groups in total. The van der Waals surface area contributed by atoms with Crippen LogP contribution in [0, 0.1) is 0 Å². The molecule has 1 aromatic heterocycles. The van der Waals surface area contributed by atoms with Crippen molar-refractivity contribution in [2.45, 2.75) is 44.4 Å². The van der Waals surface area contributed by atoms with Crippen molar-refractivity contribution >= 4 is 22.9 Å². The molecule has 3 aromatic rings. The van der Waals surface area contributed by atoms with Gasteiger partial charge in [-0.3, -0.25) is 14.4 Å². The summed E-state index contributed by atoms with van der Waals surface area (Å²) in [6.07, 6.45) is -6.48. The maximum absolute atomic E-state index is 13.3. The van der Waals surface area contributed by atoms with Crippen LogP contribution in [0.5, 0.6) is 11.5 Å². The van der Waals surface area contributed by atoms with Crippen molar-refractivity contribution in [3.63, 3.8) is 0 Å². The minimum absolute atomic E-state index is 0.0531.